The average molecular weight is 340 g/mol. The molecule has 0 bridgehead atoms. The predicted octanol–water partition coefficient (Wildman–Crippen LogP) is -7.13. The van der Waals surface area contributed by atoms with Gasteiger partial charge < -0.3 is 39.6 Å². The Hall–Kier alpha value is -1.97. The SMILES string of the molecule is O=C([O-])CC(C(=O)[O-])N1CCN=C(C(=O)[O-])C1C(=O)[O-].[Fe+4]. The van der Waals surface area contributed by atoms with Crippen LogP contribution in [0.1, 0.15) is 6.42 Å². The van der Waals surface area contributed by atoms with Crippen molar-refractivity contribution in [3.8, 4) is 0 Å². The molecule has 0 fully saturated rings. The van der Waals surface area contributed by atoms with Gasteiger partial charge in [0.25, 0.3) is 0 Å². The van der Waals surface area contributed by atoms with Crippen LogP contribution in [0.15, 0.2) is 4.99 Å². The monoisotopic (exact) mass is 340 g/mol. The smallest absolute Gasteiger partial charge is 0.550 e. The van der Waals surface area contributed by atoms with Gasteiger partial charge in [-0.1, -0.05) is 0 Å². The number of aliphatic imine (C=N–C) groups is 1. The first-order valence-corrected chi connectivity index (χ1v) is 5.38. The summed E-state index contributed by atoms with van der Waals surface area (Å²) in [5, 5.41) is 43.2. The zero-order valence-electron chi connectivity index (χ0n) is 10.3. The number of carbonyl (C=O) groups excluding carboxylic acids is 4. The van der Waals surface area contributed by atoms with Gasteiger partial charge in [0.1, 0.15) is 0 Å². The van der Waals surface area contributed by atoms with E-state index in [1.54, 1.807) is 0 Å². The van der Waals surface area contributed by atoms with Gasteiger partial charge in [0.15, 0.2) is 0 Å². The molecule has 1 aliphatic heterocycles. The third kappa shape index (κ3) is 4.52. The molecule has 2 atom stereocenters. The number of hydrogen-bond donors (Lipinski definition) is 0. The van der Waals surface area contributed by atoms with Gasteiger partial charge in [-0.25, -0.2) is 0 Å². The predicted molar refractivity (Wildman–Crippen MR) is 51.2 cm³/mol. The third-order valence-electron chi connectivity index (χ3n) is 2.70. The van der Waals surface area contributed by atoms with Gasteiger partial charge in [-0.15, -0.1) is 0 Å². The Balaban J connectivity index is 0.00000400. The molecule has 10 nitrogen and oxygen atoms in total. The maximum atomic E-state index is 11.0. The Morgan fingerprint density at radius 2 is 1.76 bits per heavy atom. The zero-order valence-corrected chi connectivity index (χ0v) is 11.4. The second-order valence-electron chi connectivity index (χ2n) is 3.92. The second kappa shape index (κ2) is 7.72. The minimum absolute atomic E-state index is 0. The maximum Gasteiger partial charge on any atom is 4.00 e. The molecule has 0 saturated carbocycles. The van der Waals surface area contributed by atoms with E-state index in [2.05, 4.69) is 4.99 Å². The Bertz CT molecular complexity index is 491. The summed E-state index contributed by atoms with van der Waals surface area (Å²) in [7, 11) is 0. The first-order chi connectivity index (χ1) is 9.25. The fraction of sp³-hybridized carbons (Fsp3) is 0.500. The van der Waals surface area contributed by atoms with Crippen LogP contribution in [0, 0.1) is 0 Å². The summed E-state index contributed by atoms with van der Waals surface area (Å²) in [6.45, 7) is -0.523. The number of hydrogen-bond acceptors (Lipinski definition) is 10. The molecule has 1 aliphatic rings. The van der Waals surface area contributed by atoms with Gasteiger partial charge in [0, 0.05) is 18.9 Å². The number of carboxylic acids is 4. The van der Waals surface area contributed by atoms with Gasteiger partial charge in [0.2, 0.25) is 0 Å². The van der Waals surface area contributed by atoms with E-state index in [0.29, 0.717) is 4.90 Å². The summed E-state index contributed by atoms with van der Waals surface area (Å²) in [4.78, 5) is 47.2. The molecule has 0 amide bonds. The summed E-state index contributed by atoms with van der Waals surface area (Å²) in [5.41, 5.74) is -0.930. The summed E-state index contributed by atoms with van der Waals surface area (Å²) in [5.74, 6) is -7.47. The molecule has 21 heavy (non-hydrogen) atoms. The molecular weight excluding hydrogens is 332 g/mol. The summed E-state index contributed by atoms with van der Waals surface area (Å²) in [6.07, 6.45) is -1.06. The van der Waals surface area contributed by atoms with Gasteiger partial charge in [0.05, 0.1) is 42.2 Å². The van der Waals surface area contributed by atoms with Crippen molar-refractivity contribution in [1.82, 2.24) is 4.90 Å². The van der Waals surface area contributed by atoms with Crippen molar-refractivity contribution in [2.24, 2.45) is 4.99 Å². The molecule has 0 aromatic heterocycles. The number of carbonyl (C=O) groups is 4. The van der Waals surface area contributed by atoms with E-state index in [4.69, 9.17) is 0 Å². The van der Waals surface area contributed by atoms with Crippen LogP contribution in [0.2, 0.25) is 0 Å². The number of rotatable bonds is 6. The van der Waals surface area contributed by atoms with E-state index in [1.807, 2.05) is 0 Å². The molecule has 1 rings (SSSR count). The largest absolute Gasteiger partial charge is 4.00 e. The van der Waals surface area contributed by atoms with Gasteiger partial charge in [-0.3, -0.25) is 9.89 Å². The third-order valence-corrected chi connectivity index (χ3v) is 2.70. The summed E-state index contributed by atoms with van der Waals surface area (Å²) >= 11 is 0. The zero-order chi connectivity index (χ0) is 15.4. The van der Waals surface area contributed by atoms with Gasteiger partial charge in [-0.05, 0) is 0 Å². The molecular formula is C10H8FeN2O8. The fourth-order valence-corrected chi connectivity index (χ4v) is 1.91. The van der Waals surface area contributed by atoms with Crippen LogP contribution in [0.4, 0.5) is 0 Å². The molecule has 1 heterocycles. The maximum absolute atomic E-state index is 11.0. The van der Waals surface area contributed by atoms with Gasteiger partial charge >= 0.3 is 17.1 Å². The van der Waals surface area contributed by atoms with Gasteiger partial charge in [-0.2, -0.15) is 0 Å². The van der Waals surface area contributed by atoms with E-state index in [1.165, 1.54) is 0 Å². The van der Waals surface area contributed by atoms with Crippen molar-refractivity contribution in [1.29, 1.82) is 0 Å². The number of aliphatic carboxylic acids is 4. The van der Waals surface area contributed by atoms with Crippen molar-refractivity contribution < 1.29 is 56.7 Å². The number of carboxylic acid groups (broad SMARTS) is 4. The van der Waals surface area contributed by atoms with E-state index in [-0.39, 0.29) is 30.2 Å². The number of nitrogens with zero attached hydrogens (tertiary/aromatic N) is 2. The van der Waals surface area contributed by atoms with Crippen molar-refractivity contribution in [3.05, 3.63) is 0 Å². The van der Waals surface area contributed by atoms with Crippen molar-refractivity contribution in [2.75, 3.05) is 13.1 Å². The first kappa shape index (κ1) is 19.0. The van der Waals surface area contributed by atoms with Crippen molar-refractivity contribution in [2.45, 2.75) is 18.5 Å². The van der Waals surface area contributed by atoms with Crippen LogP contribution in [0.25, 0.3) is 0 Å². The molecule has 11 heteroatoms. The van der Waals surface area contributed by atoms with Crippen LogP contribution in [-0.2, 0) is 36.2 Å². The average Bonchev–Trinajstić information content (AvgIpc) is 2.34. The Morgan fingerprint density at radius 1 is 1.19 bits per heavy atom. The molecule has 0 aliphatic carbocycles. The topological polar surface area (TPSA) is 176 Å². The van der Waals surface area contributed by atoms with Crippen molar-refractivity contribution >= 4 is 29.6 Å². The molecule has 0 saturated heterocycles. The Kier molecular flexibility index (Phi) is 6.99. The quantitative estimate of drug-likeness (QED) is 0.425. The van der Waals surface area contributed by atoms with E-state index in [0.717, 1.165) is 0 Å². The minimum Gasteiger partial charge on any atom is -0.550 e. The molecule has 0 aromatic rings. The van der Waals surface area contributed by atoms with Crippen LogP contribution in [0.3, 0.4) is 0 Å². The van der Waals surface area contributed by atoms with E-state index >= 15 is 0 Å². The molecule has 2 unspecified atom stereocenters. The van der Waals surface area contributed by atoms with E-state index in [9.17, 15) is 39.6 Å². The Labute approximate surface area is 128 Å². The minimum atomic E-state index is -2.03. The molecule has 0 radical (unpaired) electrons. The molecule has 0 spiro atoms. The summed E-state index contributed by atoms with van der Waals surface area (Å²) in [6, 6.07) is -3.91. The van der Waals surface area contributed by atoms with Crippen LogP contribution in [0.5, 0.6) is 0 Å². The van der Waals surface area contributed by atoms with Crippen LogP contribution >= 0.6 is 0 Å². The summed E-state index contributed by atoms with van der Waals surface area (Å²) < 4.78 is 0. The standard InChI is InChI=1S/C10H12N2O8.Fe/c13-5(14)3-4(8(15)16)12-2-1-11-6(9(17)18)7(12)10(19)20;/h4,7H,1-3H2,(H,13,14)(H,15,16)(H,17,18)(H,19,20);/q;+4/p-4. The first-order valence-electron chi connectivity index (χ1n) is 5.38. The molecule has 0 N–H and O–H groups in total. The Morgan fingerprint density at radius 3 is 2.14 bits per heavy atom. The van der Waals surface area contributed by atoms with Crippen LogP contribution in [-0.4, -0.2) is 59.7 Å². The van der Waals surface area contributed by atoms with Crippen molar-refractivity contribution in [3.63, 3.8) is 0 Å². The van der Waals surface area contributed by atoms with Crippen LogP contribution < -0.4 is 20.4 Å². The normalized spacial score (nSPS) is 19.8. The molecule has 114 valence electrons. The second-order valence-corrected chi connectivity index (χ2v) is 3.92. The fourth-order valence-electron chi connectivity index (χ4n) is 1.91. The van der Waals surface area contributed by atoms with E-state index < -0.39 is 48.1 Å². The molecule has 0 aromatic carbocycles.